The topological polar surface area (TPSA) is 87.7 Å². The molecule has 2 aromatic heterocycles. The van der Waals surface area contributed by atoms with E-state index in [4.69, 9.17) is 9.47 Å². The SMILES string of the molecule is COc1ccccc1Cn1c(=O)c2ccccc2n2c(SCC(=O)OC(C)C)nnc12. The molecule has 2 heterocycles. The molecule has 4 rings (SSSR count). The molecule has 0 aliphatic carbocycles. The van der Waals surface area contributed by atoms with Crippen LogP contribution in [0.25, 0.3) is 16.7 Å². The highest BCUT2D eigenvalue weighted by molar-refractivity contribution is 7.99. The number of hydrogen-bond donors (Lipinski definition) is 0. The van der Waals surface area contributed by atoms with Gasteiger partial charge < -0.3 is 9.47 Å². The molecule has 9 heteroatoms. The van der Waals surface area contributed by atoms with Gasteiger partial charge in [-0.15, -0.1) is 10.2 Å². The summed E-state index contributed by atoms with van der Waals surface area (Å²) < 4.78 is 14.0. The Bertz CT molecular complexity index is 1310. The molecule has 0 radical (unpaired) electrons. The van der Waals surface area contributed by atoms with E-state index in [1.54, 1.807) is 36.0 Å². The van der Waals surface area contributed by atoms with Crippen molar-refractivity contribution in [2.45, 2.75) is 31.7 Å². The van der Waals surface area contributed by atoms with E-state index in [2.05, 4.69) is 10.2 Å². The van der Waals surface area contributed by atoms with Crippen LogP contribution in [0.4, 0.5) is 0 Å². The summed E-state index contributed by atoms with van der Waals surface area (Å²) in [6.45, 7) is 3.88. The van der Waals surface area contributed by atoms with Crippen LogP contribution in [0.5, 0.6) is 5.75 Å². The van der Waals surface area contributed by atoms with E-state index in [1.807, 2.05) is 42.5 Å². The average Bonchev–Trinajstić information content (AvgIpc) is 3.19. The summed E-state index contributed by atoms with van der Waals surface area (Å²) in [5.41, 5.74) is 1.36. The second-order valence-electron chi connectivity index (χ2n) is 7.17. The van der Waals surface area contributed by atoms with Crippen molar-refractivity contribution >= 4 is 34.4 Å². The number of methoxy groups -OCH3 is 1. The fourth-order valence-electron chi connectivity index (χ4n) is 3.39. The summed E-state index contributed by atoms with van der Waals surface area (Å²) in [7, 11) is 1.60. The van der Waals surface area contributed by atoms with Gasteiger partial charge in [-0.2, -0.15) is 0 Å². The highest BCUT2D eigenvalue weighted by atomic mass is 32.2. The van der Waals surface area contributed by atoms with Crippen molar-refractivity contribution in [2.75, 3.05) is 12.9 Å². The van der Waals surface area contributed by atoms with Crippen LogP contribution in [-0.2, 0) is 16.1 Å². The Morgan fingerprint density at radius 3 is 2.61 bits per heavy atom. The number of fused-ring (bicyclic) bond motifs is 3. The Hall–Kier alpha value is -3.33. The zero-order chi connectivity index (χ0) is 22.0. The van der Waals surface area contributed by atoms with Gasteiger partial charge in [0, 0.05) is 5.56 Å². The van der Waals surface area contributed by atoms with Gasteiger partial charge >= 0.3 is 5.97 Å². The lowest BCUT2D eigenvalue weighted by Gasteiger charge is -2.13. The van der Waals surface area contributed by atoms with Crippen LogP contribution in [0.2, 0.25) is 0 Å². The Labute approximate surface area is 182 Å². The molecular weight excluding hydrogens is 416 g/mol. The monoisotopic (exact) mass is 438 g/mol. The first kappa shape index (κ1) is 20.9. The van der Waals surface area contributed by atoms with Crippen molar-refractivity contribution in [3.05, 3.63) is 64.4 Å². The second kappa shape index (κ2) is 8.81. The van der Waals surface area contributed by atoms with E-state index in [1.165, 1.54) is 11.8 Å². The highest BCUT2D eigenvalue weighted by Crippen LogP contribution is 2.24. The molecule has 0 atom stereocenters. The molecule has 0 unspecified atom stereocenters. The molecule has 0 aliphatic heterocycles. The predicted molar refractivity (Wildman–Crippen MR) is 119 cm³/mol. The third-order valence-electron chi connectivity index (χ3n) is 4.69. The number of hydrogen-bond acceptors (Lipinski definition) is 7. The van der Waals surface area contributed by atoms with Gasteiger partial charge in [-0.05, 0) is 32.0 Å². The molecule has 160 valence electrons. The number of ether oxygens (including phenoxy) is 2. The van der Waals surface area contributed by atoms with Gasteiger partial charge in [-0.3, -0.25) is 18.6 Å². The van der Waals surface area contributed by atoms with Gasteiger partial charge in [0.05, 0.1) is 36.4 Å². The Kier molecular flexibility index (Phi) is 5.94. The number of benzene rings is 2. The van der Waals surface area contributed by atoms with E-state index in [0.29, 0.717) is 27.6 Å². The zero-order valence-electron chi connectivity index (χ0n) is 17.4. The highest BCUT2D eigenvalue weighted by Gasteiger charge is 2.19. The Balaban J connectivity index is 1.83. The zero-order valence-corrected chi connectivity index (χ0v) is 18.3. The van der Waals surface area contributed by atoms with Crippen LogP contribution in [-0.4, -0.2) is 44.1 Å². The second-order valence-corrected chi connectivity index (χ2v) is 8.11. The standard InChI is InChI=1S/C22H22N4O4S/c1-14(2)30-19(27)13-31-22-24-23-21-25(12-15-8-4-7-11-18(15)29-3)20(28)16-9-5-6-10-17(16)26(21)22/h4-11,14H,12-13H2,1-3H3. The van der Waals surface area contributed by atoms with Crippen molar-refractivity contribution in [3.8, 4) is 5.75 Å². The van der Waals surface area contributed by atoms with Crippen molar-refractivity contribution in [1.82, 2.24) is 19.2 Å². The maximum Gasteiger partial charge on any atom is 0.316 e. The summed E-state index contributed by atoms with van der Waals surface area (Å²) in [4.78, 5) is 25.3. The molecule has 0 fully saturated rings. The molecule has 0 bridgehead atoms. The van der Waals surface area contributed by atoms with Crippen LogP contribution >= 0.6 is 11.8 Å². The molecule has 0 saturated heterocycles. The molecule has 4 aromatic rings. The number of rotatable bonds is 7. The molecule has 8 nitrogen and oxygen atoms in total. The first-order valence-electron chi connectivity index (χ1n) is 9.80. The average molecular weight is 439 g/mol. The molecule has 0 aliphatic rings. The van der Waals surface area contributed by atoms with Crippen LogP contribution in [0.3, 0.4) is 0 Å². The van der Waals surface area contributed by atoms with Crippen molar-refractivity contribution in [2.24, 2.45) is 0 Å². The first-order valence-corrected chi connectivity index (χ1v) is 10.8. The van der Waals surface area contributed by atoms with E-state index in [9.17, 15) is 9.59 Å². The van der Waals surface area contributed by atoms with E-state index in [0.717, 1.165) is 5.56 Å². The Morgan fingerprint density at radius 2 is 1.84 bits per heavy atom. The fourth-order valence-corrected chi connectivity index (χ4v) is 4.12. The van der Waals surface area contributed by atoms with Gasteiger partial charge in [0.25, 0.3) is 5.56 Å². The molecule has 0 amide bonds. The maximum atomic E-state index is 13.3. The lowest BCUT2D eigenvalue weighted by molar-refractivity contribution is -0.144. The maximum absolute atomic E-state index is 13.3. The third-order valence-corrected chi connectivity index (χ3v) is 5.59. The molecule has 0 N–H and O–H groups in total. The number of para-hydroxylation sites is 2. The van der Waals surface area contributed by atoms with E-state index >= 15 is 0 Å². The number of esters is 1. The number of nitrogens with zero attached hydrogens (tertiary/aromatic N) is 4. The number of aromatic nitrogens is 4. The fraction of sp³-hybridized carbons (Fsp3) is 0.273. The van der Waals surface area contributed by atoms with E-state index < -0.39 is 0 Å². The molecule has 0 spiro atoms. The minimum Gasteiger partial charge on any atom is -0.496 e. The van der Waals surface area contributed by atoms with Crippen LogP contribution in [0.15, 0.2) is 58.5 Å². The van der Waals surface area contributed by atoms with Gasteiger partial charge in [0.15, 0.2) is 5.16 Å². The van der Waals surface area contributed by atoms with Crippen LogP contribution < -0.4 is 10.3 Å². The molecule has 0 saturated carbocycles. The van der Waals surface area contributed by atoms with Crippen molar-refractivity contribution in [1.29, 1.82) is 0 Å². The lowest BCUT2D eigenvalue weighted by atomic mass is 10.2. The van der Waals surface area contributed by atoms with Gasteiger partial charge in [0.1, 0.15) is 5.75 Å². The van der Waals surface area contributed by atoms with E-state index in [-0.39, 0.29) is 29.9 Å². The number of carbonyl (C=O) groups is 1. The normalized spacial score (nSPS) is 11.4. The quantitative estimate of drug-likeness (QED) is 0.324. The van der Waals surface area contributed by atoms with Gasteiger partial charge in [0.2, 0.25) is 5.78 Å². The summed E-state index contributed by atoms with van der Waals surface area (Å²) in [5.74, 6) is 0.850. The smallest absolute Gasteiger partial charge is 0.316 e. The minimum absolute atomic E-state index is 0.0962. The summed E-state index contributed by atoms with van der Waals surface area (Å²) in [5, 5.41) is 9.59. The first-order chi connectivity index (χ1) is 15.0. The predicted octanol–water partition coefficient (Wildman–Crippen LogP) is 3.14. The van der Waals surface area contributed by atoms with Crippen molar-refractivity contribution in [3.63, 3.8) is 0 Å². The summed E-state index contributed by atoms with van der Waals surface area (Å²) in [6.07, 6.45) is -0.185. The number of thioether (sulfide) groups is 1. The van der Waals surface area contributed by atoms with Crippen molar-refractivity contribution < 1.29 is 14.3 Å². The van der Waals surface area contributed by atoms with Crippen LogP contribution in [0, 0.1) is 0 Å². The van der Waals surface area contributed by atoms with Crippen LogP contribution in [0.1, 0.15) is 19.4 Å². The molecule has 31 heavy (non-hydrogen) atoms. The Morgan fingerprint density at radius 1 is 1.10 bits per heavy atom. The summed E-state index contributed by atoms with van der Waals surface area (Å²) in [6, 6.07) is 14.8. The number of carbonyl (C=O) groups excluding carboxylic acids is 1. The molecular formula is C22H22N4O4S. The third kappa shape index (κ3) is 4.13. The molecule has 2 aromatic carbocycles. The minimum atomic E-state index is -0.330. The van der Waals surface area contributed by atoms with Gasteiger partial charge in [-0.1, -0.05) is 42.1 Å². The largest absolute Gasteiger partial charge is 0.496 e. The summed E-state index contributed by atoms with van der Waals surface area (Å²) >= 11 is 1.22. The lowest BCUT2D eigenvalue weighted by Crippen LogP contribution is -2.24. The van der Waals surface area contributed by atoms with Gasteiger partial charge in [-0.25, -0.2) is 0 Å².